The first-order chi connectivity index (χ1) is 11.8. The van der Waals surface area contributed by atoms with Crippen LogP contribution in [0.2, 0.25) is 0 Å². The van der Waals surface area contributed by atoms with Crippen molar-refractivity contribution in [1.82, 2.24) is 9.21 Å². The van der Waals surface area contributed by atoms with Crippen molar-refractivity contribution in [3.63, 3.8) is 0 Å². The van der Waals surface area contributed by atoms with Crippen LogP contribution in [0, 0.1) is 11.7 Å². The Morgan fingerprint density at radius 1 is 1.12 bits per heavy atom. The molecule has 0 aromatic heterocycles. The number of hydrogen-bond donors (Lipinski definition) is 0. The molecule has 6 nitrogen and oxygen atoms in total. The van der Waals surface area contributed by atoms with Gasteiger partial charge in [-0.2, -0.15) is 0 Å². The second-order valence-corrected chi connectivity index (χ2v) is 8.53. The highest BCUT2D eigenvalue weighted by Crippen LogP contribution is 2.29. The number of sulfonamides is 1. The average molecular weight is 368 g/mol. The monoisotopic (exact) mass is 368 g/mol. The van der Waals surface area contributed by atoms with Crippen LogP contribution in [0.5, 0.6) is 0 Å². The molecular weight excluding hydrogens is 347 g/mol. The molecule has 2 heterocycles. The summed E-state index contributed by atoms with van der Waals surface area (Å²) in [7, 11) is -4.18. The van der Waals surface area contributed by atoms with Gasteiger partial charge in [0.15, 0.2) is 0 Å². The largest absolute Gasteiger partial charge is 0.341 e. The van der Waals surface area contributed by atoms with E-state index in [2.05, 4.69) is 6.92 Å². The molecule has 8 heteroatoms. The predicted octanol–water partition coefficient (Wildman–Crippen LogP) is 1.76. The summed E-state index contributed by atoms with van der Waals surface area (Å²) in [5, 5.41) is 0. The number of hydrogen-bond acceptors (Lipinski definition) is 4. The SMILES string of the molecule is CC1CCN(C(=O)C2CCC(=O)N2S(=O)(=O)c2ccc(F)cc2)CC1. The summed E-state index contributed by atoms with van der Waals surface area (Å²) in [6.07, 6.45) is 1.94. The molecule has 2 aliphatic heterocycles. The van der Waals surface area contributed by atoms with E-state index < -0.39 is 27.8 Å². The van der Waals surface area contributed by atoms with Gasteiger partial charge in [0.05, 0.1) is 4.90 Å². The minimum atomic E-state index is -4.18. The molecule has 0 bridgehead atoms. The maximum Gasteiger partial charge on any atom is 0.267 e. The molecular formula is C17H21FN2O4S. The average Bonchev–Trinajstić information content (AvgIpc) is 2.98. The van der Waals surface area contributed by atoms with Crippen LogP contribution in [-0.2, 0) is 19.6 Å². The molecule has 0 N–H and O–H groups in total. The molecule has 2 saturated heterocycles. The minimum absolute atomic E-state index is 0.0150. The van der Waals surface area contributed by atoms with Gasteiger partial charge in [-0.15, -0.1) is 0 Å². The summed E-state index contributed by atoms with van der Waals surface area (Å²) < 4.78 is 39.4. The topological polar surface area (TPSA) is 74.8 Å². The third-order valence-corrected chi connectivity index (χ3v) is 6.76. The minimum Gasteiger partial charge on any atom is -0.341 e. The highest BCUT2D eigenvalue weighted by atomic mass is 32.2. The molecule has 136 valence electrons. The predicted molar refractivity (Wildman–Crippen MR) is 88.4 cm³/mol. The zero-order valence-electron chi connectivity index (χ0n) is 14.0. The van der Waals surface area contributed by atoms with Gasteiger partial charge in [-0.05, 0) is 49.4 Å². The van der Waals surface area contributed by atoms with Gasteiger partial charge in [-0.25, -0.2) is 17.1 Å². The van der Waals surface area contributed by atoms with E-state index in [0.29, 0.717) is 23.3 Å². The van der Waals surface area contributed by atoms with E-state index in [0.717, 1.165) is 37.1 Å². The Morgan fingerprint density at radius 3 is 2.32 bits per heavy atom. The lowest BCUT2D eigenvalue weighted by molar-refractivity contribution is -0.138. The van der Waals surface area contributed by atoms with E-state index in [1.807, 2.05) is 0 Å². The summed E-state index contributed by atoms with van der Waals surface area (Å²) in [4.78, 5) is 26.5. The lowest BCUT2D eigenvalue weighted by atomic mass is 9.98. The fourth-order valence-electron chi connectivity index (χ4n) is 3.35. The van der Waals surface area contributed by atoms with Crippen molar-refractivity contribution in [3.05, 3.63) is 30.1 Å². The van der Waals surface area contributed by atoms with Crippen LogP contribution in [-0.4, -0.2) is 48.6 Å². The van der Waals surface area contributed by atoms with Gasteiger partial charge >= 0.3 is 0 Å². The van der Waals surface area contributed by atoms with E-state index in [1.54, 1.807) is 4.90 Å². The molecule has 0 aliphatic carbocycles. The summed E-state index contributed by atoms with van der Waals surface area (Å²) in [6.45, 7) is 3.27. The number of rotatable bonds is 3. The van der Waals surface area contributed by atoms with Crippen molar-refractivity contribution < 1.29 is 22.4 Å². The number of piperidine rings is 1. The van der Waals surface area contributed by atoms with Gasteiger partial charge in [0.25, 0.3) is 10.0 Å². The first kappa shape index (κ1) is 17.8. The van der Waals surface area contributed by atoms with Crippen molar-refractivity contribution in [2.45, 2.75) is 43.5 Å². The molecule has 0 saturated carbocycles. The summed E-state index contributed by atoms with van der Waals surface area (Å²) >= 11 is 0. The second kappa shape index (κ2) is 6.74. The summed E-state index contributed by atoms with van der Waals surface area (Å²) in [5.41, 5.74) is 0. The molecule has 1 aromatic rings. The summed E-state index contributed by atoms with van der Waals surface area (Å²) in [5.74, 6) is -0.938. The van der Waals surface area contributed by atoms with E-state index in [1.165, 1.54) is 0 Å². The van der Waals surface area contributed by atoms with E-state index in [-0.39, 0.29) is 23.6 Å². The number of halogens is 1. The van der Waals surface area contributed by atoms with Crippen molar-refractivity contribution in [2.75, 3.05) is 13.1 Å². The number of carbonyl (C=O) groups is 2. The van der Waals surface area contributed by atoms with Crippen LogP contribution < -0.4 is 0 Å². The van der Waals surface area contributed by atoms with Crippen molar-refractivity contribution in [2.24, 2.45) is 5.92 Å². The number of carbonyl (C=O) groups excluding carboxylic acids is 2. The van der Waals surface area contributed by atoms with Crippen molar-refractivity contribution in [1.29, 1.82) is 0 Å². The Balaban J connectivity index is 1.86. The lowest BCUT2D eigenvalue weighted by Gasteiger charge is -2.34. The third-order valence-electron chi connectivity index (χ3n) is 4.91. The smallest absolute Gasteiger partial charge is 0.267 e. The van der Waals surface area contributed by atoms with Crippen molar-refractivity contribution in [3.8, 4) is 0 Å². The molecule has 3 rings (SSSR count). The number of nitrogens with zero attached hydrogens (tertiary/aromatic N) is 2. The van der Waals surface area contributed by atoms with Gasteiger partial charge in [-0.1, -0.05) is 6.92 Å². The molecule has 1 atom stereocenters. The van der Waals surface area contributed by atoms with Crippen LogP contribution in [0.15, 0.2) is 29.2 Å². The van der Waals surface area contributed by atoms with E-state index in [9.17, 15) is 22.4 Å². The fraction of sp³-hybridized carbons (Fsp3) is 0.529. The molecule has 0 spiro atoms. The molecule has 1 aromatic carbocycles. The molecule has 2 amide bonds. The van der Waals surface area contributed by atoms with Crippen molar-refractivity contribution >= 4 is 21.8 Å². The first-order valence-electron chi connectivity index (χ1n) is 8.42. The molecule has 2 fully saturated rings. The molecule has 1 unspecified atom stereocenters. The zero-order valence-corrected chi connectivity index (χ0v) is 14.8. The molecule has 25 heavy (non-hydrogen) atoms. The van der Waals surface area contributed by atoms with Gasteiger partial charge in [0.2, 0.25) is 11.8 Å². The van der Waals surface area contributed by atoms with Gasteiger partial charge in [0.1, 0.15) is 11.9 Å². The highest BCUT2D eigenvalue weighted by molar-refractivity contribution is 7.89. The Bertz CT molecular complexity index is 770. The Labute approximate surface area is 146 Å². The zero-order chi connectivity index (χ0) is 18.2. The second-order valence-electron chi connectivity index (χ2n) is 6.71. The van der Waals surface area contributed by atoms with Gasteiger partial charge < -0.3 is 4.90 Å². The fourth-order valence-corrected chi connectivity index (χ4v) is 4.94. The number of likely N-dealkylation sites (tertiary alicyclic amines) is 1. The Morgan fingerprint density at radius 2 is 1.72 bits per heavy atom. The number of benzene rings is 1. The van der Waals surface area contributed by atoms with Crippen LogP contribution in [0.4, 0.5) is 4.39 Å². The van der Waals surface area contributed by atoms with E-state index >= 15 is 0 Å². The Hall–Kier alpha value is -1.96. The standard InChI is InChI=1S/C17H21FN2O4S/c1-12-8-10-19(11-9-12)17(22)15-6-7-16(21)20(15)25(23,24)14-4-2-13(18)3-5-14/h2-5,12,15H,6-11H2,1H3. The highest BCUT2D eigenvalue weighted by Gasteiger charge is 2.45. The quantitative estimate of drug-likeness (QED) is 0.815. The van der Waals surface area contributed by atoms with Crippen LogP contribution >= 0.6 is 0 Å². The maximum atomic E-state index is 13.1. The van der Waals surface area contributed by atoms with E-state index in [4.69, 9.17) is 0 Å². The number of amides is 2. The lowest BCUT2D eigenvalue weighted by Crippen LogP contribution is -2.50. The van der Waals surface area contributed by atoms with Crippen LogP contribution in [0.3, 0.4) is 0 Å². The third kappa shape index (κ3) is 3.40. The van der Waals surface area contributed by atoms with Gasteiger partial charge in [0, 0.05) is 19.5 Å². The molecule has 2 aliphatic rings. The summed E-state index contributed by atoms with van der Waals surface area (Å²) in [6, 6.07) is 3.27. The molecule has 0 radical (unpaired) electrons. The normalized spacial score (nSPS) is 22.5. The Kier molecular flexibility index (Phi) is 4.81. The van der Waals surface area contributed by atoms with Crippen LogP contribution in [0.25, 0.3) is 0 Å². The van der Waals surface area contributed by atoms with Crippen LogP contribution in [0.1, 0.15) is 32.6 Å². The first-order valence-corrected chi connectivity index (χ1v) is 9.86. The van der Waals surface area contributed by atoms with Gasteiger partial charge in [-0.3, -0.25) is 9.59 Å². The maximum absolute atomic E-state index is 13.1.